The Hall–Kier alpha value is -2.33. The lowest BCUT2D eigenvalue weighted by Gasteiger charge is -2.34. The second-order valence-corrected chi connectivity index (χ2v) is 6.97. The minimum Gasteiger partial charge on any atom is -0.322 e. The van der Waals surface area contributed by atoms with Crippen LogP contribution >= 0.6 is 0 Å². The van der Waals surface area contributed by atoms with Gasteiger partial charge in [-0.05, 0) is 30.0 Å². The number of para-hydroxylation sites is 1. The summed E-state index contributed by atoms with van der Waals surface area (Å²) < 4.78 is 0. The molecule has 25 heavy (non-hydrogen) atoms. The third-order valence-corrected chi connectivity index (χ3v) is 5.25. The van der Waals surface area contributed by atoms with E-state index in [1.807, 2.05) is 29.2 Å². The van der Waals surface area contributed by atoms with Gasteiger partial charge in [0.1, 0.15) is 0 Å². The number of nitrogens with one attached hydrogen (secondary N) is 1. The smallest absolute Gasteiger partial charge is 0.322 e. The zero-order chi connectivity index (χ0) is 17.1. The summed E-state index contributed by atoms with van der Waals surface area (Å²) in [5.74, 6) is 0. The Morgan fingerprint density at radius 1 is 0.920 bits per heavy atom. The van der Waals surface area contributed by atoms with Gasteiger partial charge in [0.15, 0.2) is 0 Å². The van der Waals surface area contributed by atoms with Gasteiger partial charge in [-0.25, -0.2) is 4.79 Å². The highest BCUT2D eigenvalue weighted by atomic mass is 16.2. The fourth-order valence-corrected chi connectivity index (χ4v) is 3.91. The van der Waals surface area contributed by atoms with Crippen molar-refractivity contribution in [2.45, 2.75) is 38.4 Å². The predicted molar refractivity (Wildman–Crippen MR) is 101 cm³/mol. The number of rotatable bonds is 3. The van der Waals surface area contributed by atoms with Gasteiger partial charge >= 0.3 is 6.03 Å². The summed E-state index contributed by atoms with van der Waals surface area (Å²) >= 11 is 0. The molecule has 2 aromatic carbocycles. The Kier molecular flexibility index (Phi) is 4.70. The van der Waals surface area contributed by atoms with E-state index in [4.69, 9.17) is 0 Å². The van der Waals surface area contributed by atoms with Crippen molar-refractivity contribution in [3.8, 4) is 0 Å². The molecule has 1 atom stereocenters. The molecule has 4 heteroatoms. The molecule has 130 valence electrons. The number of amides is 2. The molecule has 0 aromatic heterocycles. The van der Waals surface area contributed by atoms with Gasteiger partial charge in [-0.2, -0.15) is 0 Å². The quantitative estimate of drug-likeness (QED) is 0.927. The summed E-state index contributed by atoms with van der Waals surface area (Å²) in [5, 5.41) is 3.28. The molecule has 2 aromatic rings. The zero-order valence-electron chi connectivity index (χ0n) is 14.5. The standard InChI is InChI=1S/C21H25N3O/c25-21-22-20(23-13-7-2-8-14-23)15-18-11-5-6-12-19(18)24(21)16-17-9-3-1-4-10-17/h1,3-6,9-12,20H,2,7-8,13-16H2,(H,22,25). The number of benzene rings is 2. The van der Waals surface area contributed by atoms with Crippen molar-refractivity contribution in [3.63, 3.8) is 0 Å². The SMILES string of the molecule is O=C1NC(N2CCCCC2)Cc2ccccc2N1Cc1ccccc1. The molecule has 1 saturated heterocycles. The average Bonchev–Trinajstić information content (AvgIpc) is 2.80. The second kappa shape index (κ2) is 7.28. The molecule has 4 rings (SSSR count). The molecule has 4 nitrogen and oxygen atoms in total. The van der Waals surface area contributed by atoms with E-state index in [9.17, 15) is 4.79 Å². The molecular weight excluding hydrogens is 310 g/mol. The monoisotopic (exact) mass is 335 g/mol. The minimum atomic E-state index is 0.00405. The van der Waals surface area contributed by atoms with Gasteiger partial charge in [0, 0.05) is 25.2 Å². The maximum atomic E-state index is 13.0. The van der Waals surface area contributed by atoms with Crippen LogP contribution in [0, 0.1) is 0 Å². The number of anilines is 1. The number of hydrogen-bond donors (Lipinski definition) is 1. The van der Waals surface area contributed by atoms with Crippen LogP contribution in [0.4, 0.5) is 10.5 Å². The number of carbonyl (C=O) groups is 1. The first-order valence-corrected chi connectivity index (χ1v) is 9.25. The van der Waals surface area contributed by atoms with Crippen molar-refractivity contribution in [1.82, 2.24) is 10.2 Å². The summed E-state index contributed by atoms with van der Waals surface area (Å²) in [6, 6.07) is 18.5. The van der Waals surface area contributed by atoms with Crippen molar-refractivity contribution in [2.75, 3.05) is 18.0 Å². The molecule has 2 heterocycles. The maximum absolute atomic E-state index is 13.0. The molecule has 0 saturated carbocycles. The first kappa shape index (κ1) is 16.2. The number of carbonyl (C=O) groups excluding carboxylic acids is 1. The Balaban J connectivity index is 1.63. The number of likely N-dealkylation sites (tertiary alicyclic amines) is 1. The molecule has 1 fully saturated rings. The normalized spacial score (nSPS) is 21.4. The van der Waals surface area contributed by atoms with E-state index in [2.05, 4.69) is 40.5 Å². The summed E-state index contributed by atoms with van der Waals surface area (Å²) in [6.45, 7) is 2.74. The van der Waals surface area contributed by atoms with Gasteiger partial charge < -0.3 is 5.32 Å². The zero-order valence-corrected chi connectivity index (χ0v) is 14.5. The Morgan fingerprint density at radius 2 is 1.64 bits per heavy atom. The Labute approximate surface area is 149 Å². The van der Waals surface area contributed by atoms with Crippen molar-refractivity contribution in [2.24, 2.45) is 0 Å². The molecule has 1 N–H and O–H groups in total. The third-order valence-electron chi connectivity index (χ3n) is 5.25. The van der Waals surface area contributed by atoms with Crippen molar-refractivity contribution in [1.29, 1.82) is 0 Å². The lowest BCUT2D eigenvalue weighted by atomic mass is 10.0. The largest absolute Gasteiger partial charge is 0.323 e. The van der Waals surface area contributed by atoms with E-state index < -0.39 is 0 Å². The predicted octanol–water partition coefficient (Wildman–Crippen LogP) is 3.77. The lowest BCUT2D eigenvalue weighted by molar-refractivity contribution is 0.141. The Bertz CT molecular complexity index is 725. The molecule has 0 bridgehead atoms. The van der Waals surface area contributed by atoms with Gasteiger partial charge in [-0.1, -0.05) is 55.0 Å². The van der Waals surface area contributed by atoms with Gasteiger partial charge in [-0.15, -0.1) is 0 Å². The van der Waals surface area contributed by atoms with E-state index in [1.54, 1.807) is 0 Å². The highest BCUT2D eigenvalue weighted by Gasteiger charge is 2.30. The van der Waals surface area contributed by atoms with Crippen LogP contribution in [-0.4, -0.2) is 30.2 Å². The molecule has 0 aliphatic carbocycles. The van der Waals surface area contributed by atoms with Crippen LogP contribution in [0.15, 0.2) is 54.6 Å². The molecular formula is C21H25N3O. The molecule has 2 amide bonds. The molecule has 0 spiro atoms. The summed E-state index contributed by atoms with van der Waals surface area (Å²) in [6.07, 6.45) is 4.71. The first-order chi connectivity index (χ1) is 12.3. The number of piperidine rings is 1. The van der Waals surface area contributed by atoms with Crippen molar-refractivity contribution in [3.05, 3.63) is 65.7 Å². The average molecular weight is 335 g/mol. The lowest BCUT2D eigenvalue weighted by Crippen LogP contribution is -2.53. The topological polar surface area (TPSA) is 35.6 Å². The fourth-order valence-electron chi connectivity index (χ4n) is 3.91. The highest BCUT2D eigenvalue weighted by molar-refractivity contribution is 5.93. The summed E-state index contributed by atoms with van der Waals surface area (Å²) in [7, 11) is 0. The van der Waals surface area contributed by atoms with Crippen LogP contribution < -0.4 is 10.2 Å². The summed E-state index contributed by atoms with van der Waals surface area (Å²) in [4.78, 5) is 17.3. The molecule has 2 aliphatic rings. The van der Waals surface area contributed by atoms with E-state index >= 15 is 0 Å². The summed E-state index contributed by atoms with van der Waals surface area (Å²) in [5.41, 5.74) is 3.42. The maximum Gasteiger partial charge on any atom is 0.323 e. The van der Waals surface area contributed by atoms with Crippen LogP contribution in [0.1, 0.15) is 30.4 Å². The van der Waals surface area contributed by atoms with Crippen LogP contribution in [0.25, 0.3) is 0 Å². The van der Waals surface area contributed by atoms with Crippen molar-refractivity contribution < 1.29 is 4.79 Å². The third kappa shape index (κ3) is 3.54. The molecule has 0 radical (unpaired) electrons. The number of hydrogen-bond acceptors (Lipinski definition) is 2. The van der Waals surface area contributed by atoms with E-state index in [-0.39, 0.29) is 12.2 Å². The molecule has 2 aliphatic heterocycles. The van der Waals surface area contributed by atoms with Gasteiger partial charge in [0.05, 0.1) is 12.7 Å². The van der Waals surface area contributed by atoms with Crippen molar-refractivity contribution >= 4 is 11.7 Å². The van der Waals surface area contributed by atoms with Crippen LogP contribution in [0.5, 0.6) is 0 Å². The van der Waals surface area contributed by atoms with Crippen LogP contribution in [-0.2, 0) is 13.0 Å². The van der Waals surface area contributed by atoms with Crippen LogP contribution in [0.3, 0.4) is 0 Å². The van der Waals surface area contributed by atoms with E-state index in [1.165, 1.54) is 24.8 Å². The first-order valence-electron chi connectivity index (χ1n) is 9.25. The molecule has 1 unspecified atom stereocenters. The van der Waals surface area contributed by atoms with E-state index in [0.717, 1.165) is 30.8 Å². The van der Waals surface area contributed by atoms with Gasteiger partial charge in [-0.3, -0.25) is 9.80 Å². The van der Waals surface area contributed by atoms with Gasteiger partial charge in [0.25, 0.3) is 0 Å². The Morgan fingerprint density at radius 3 is 2.44 bits per heavy atom. The van der Waals surface area contributed by atoms with Crippen LogP contribution in [0.2, 0.25) is 0 Å². The fraction of sp³-hybridized carbons (Fsp3) is 0.381. The number of urea groups is 1. The number of nitrogens with zero attached hydrogens (tertiary/aromatic N) is 2. The second-order valence-electron chi connectivity index (χ2n) is 6.97. The number of fused-ring (bicyclic) bond motifs is 1. The van der Waals surface area contributed by atoms with Gasteiger partial charge in [0.2, 0.25) is 0 Å². The van der Waals surface area contributed by atoms with E-state index in [0.29, 0.717) is 6.54 Å². The highest BCUT2D eigenvalue weighted by Crippen LogP contribution is 2.28. The minimum absolute atomic E-state index is 0.00405.